The van der Waals surface area contributed by atoms with Crippen LogP contribution >= 0.6 is 22.9 Å². The SMILES string of the molecule is CCOCC(=O)Nc1cccc(-c2nc(CCl)cs2)c1. The van der Waals surface area contributed by atoms with E-state index in [1.807, 2.05) is 36.6 Å². The lowest BCUT2D eigenvalue weighted by atomic mass is 10.2. The van der Waals surface area contributed by atoms with Gasteiger partial charge in [0.15, 0.2) is 0 Å². The van der Waals surface area contributed by atoms with Gasteiger partial charge in [-0.15, -0.1) is 22.9 Å². The zero-order chi connectivity index (χ0) is 14.4. The summed E-state index contributed by atoms with van der Waals surface area (Å²) in [5.41, 5.74) is 2.55. The third kappa shape index (κ3) is 4.03. The number of thiazole rings is 1. The Bertz CT molecular complexity index is 586. The molecule has 0 fully saturated rings. The van der Waals surface area contributed by atoms with Gasteiger partial charge in [-0.3, -0.25) is 4.79 Å². The molecule has 0 aliphatic rings. The summed E-state index contributed by atoms with van der Waals surface area (Å²) in [7, 11) is 0. The Hall–Kier alpha value is -1.43. The molecule has 1 aromatic heterocycles. The Balaban J connectivity index is 2.09. The first-order chi connectivity index (χ1) is 9.72. The molecule has 1 aromatic carbocycles. The van der Waals surface area contributed by atoms with Gasteiger partial charge < -0.3 is 10.1 Å². The maximum absolute atomic E-state index is 11.6. The van der Waals surface area contributed by atoms with E-state index in [1.165, 1.54) is 11.3 Å². The molecule has 106 valence electrons. The summed E-state index contributed by atoms with van der Waals surface area (Å²) in [6.45, 7) is 2.44. The van der Waals surface area contributed by atoms with Crippen molar-refractivity contribution in [1.29, 1.82) is 0 Å². The third-order valence-corrected chi connectivity index (χ3v) is 3.73. The first-order valence-corrected chi connectivity index (χ1v) is 7.62. The van der Waals surface area contributed by atoms with E-state index in [-0.39, 0.29) is 12.5 Å². The van der Waals surface area contributed by atoms with Crippen molar-refractivity contribution in [3.05, 3.63) is 35.3 Å². The van der Waals surface area contributed by atoms with Crippen LogP contribution < -0.4 is 5.32 Å². The molecule has 0 bridgehead atoms. The van der Waals surface area contributed by atoms with Crippen molar-refractivity contribution in [3.8, 4) is 10.6 Å². The van der Waals surface area contributed by atoms with Gasteiger partial charge in [0.2, 0.25) is 5.91 Å². The number of rotatable bonds is 6. The van der Waals surface area contributed by atoms with Crippen LogP contribution in [-0.2, 0) is 15.4 Å². The minimum Gasteiger partial charge on any atom is -0.372 e. The van der Waals surface area contributed by atoms with Crippen molar-refractivity contribution in [3.63, 3.8) is 0 Å². The summed E-state index contributed by atoms with van der Waals surface area (Å²) >= 11 is 7.29. The van der Waals surface area contributed by atoms with Crippen LogP contribution in [0.3, 0.4) is 0 Å². The van der Waals surface area contributed by atoms with Crippen molar-refractivity contribution < 1.29 is 9.53 Å². The molecule has 1 heterocycles. The highest BCUT2D eigenvalue weighted by Gasteiger charge is 2.07. The number of nitrogens with one attached hydrogen (secondary N) is 1. The summed E-state index contributed by atoms with van der Waals surface area (Å²) in [6.07, 6.45) is 0. The van der Waals surface area contributed by atoms with Gasteiger partial charge in [0.1, 0.15) is 11.6 Å². The number of aromatic nitrogens is 1. The molecule has 20 heavy (non-hydrogen) atoms. The number of halogens is 1. The van der Waals surface area contributed by atoms with Crippen LogP contribution in [0.4, 0.5) is 5.69 Å². The van der Waals surface area contributed by atoms with Gasteiger partial charge in [-0.2, -0.15) is 0 Å². The fourth-order valence-electron chi connectivity index (χ4n) is 1.62. The summed E-state index contributed by atoms with van der Waals surface area (Å²) in [4.78, 5) is 16.0. The lowest BCUT2D eigenvalue weighted by molar-refractivity contribution is -0.120. The van der Waals surface area contributed by atoms with E-state index in [0.717, 1.165) is 22.0 Å². The second-order valence-corrected chi connectivity index (χ2v) is 5.17. The molecule has 0 atom stereocenters. The molecule has 0 unspecified atom stereocenters. The lowest BCUT2D eigenvalue weighted by Gasteiger charge is -2.06. The van der Waals surface area contributed by atoms with Crippen LogP contribution in [0.15, 0.2) is 29.6 Å². The monoisotopic (exact) mass is 310 g/mol. The molecule has 1 N–H and O–H groups in total. The van der Waals surface area contributed by atoms with Crippen molar-refractivity contribution in [1.82, 2.24) is 4.98 Å². The quantitative estimate of drug-likeness (QED) is 0.830. The fourth-order valence-corrected chi connectivity index (χ4v) is 2.67. The normalized spacial score (nSPS) is 10.5. The highest BCUT2D eigenvalue weighted by Crippen LogP contribution is 2.26. The second-order valence-electron chi connectivity index (χ2n) is 4.04. The molecular weight excluding hydrogens is 296 g/mol. The first kappa shape index (κ1) is 15.0. The number of ether oxygens (including phenoxy) is 1. The summed E-state index contributed by atoms with van der Waals surface area (Å²) in [5.74, 6) is 0.242. The first-order valence-electron chi connectivity index (χ1n) is 6.21. The maximum Gasteiger partial charge on any atom is 0.250 e. The highest BCUT2D eigenvalue weighted by molar-refractivity contribution is 7.13. The number of anilines is 1. The van der Waals surface area contributed by atoms with Crippen LogP contribution in [0, 0.1) is 0 Å². The third-order valence-electron chi connectivity index (χ3n) is 2.52. The smallest absolute Gasteiger partial charge is 0.250 e. The van der Waals surface area contributed by atoms with Crippen molar-refractivity contribution >= 4 is 34.5 Å². The number of benzene rings is 1. The number of hydrogen-bond donors (Lipinski definition) is 1. The molecular formula is C14H15ClN2O2S. The Labute approximate surface area is 126 Å². The van der Waals surface area contributed by atoms with Crippen LogP contribution in [0.2, 0.25) is 0 Å². The van der Waals surface area contributed by atoms with Crippen LogP contribution in [0.25, 0.3) is 10.6 Å². The van der Waals surface area contributed by atoms with Gasteiger partial charge in [-0.1, -0.05) is 12.1 Å². The topological polar surface area (TPSA) is 51.2 Å². The molecule has 1 amide bonds. The molecule has 0 saturated heterocycles. The number of carbonyl (C=O) groups excluding carboxylic acids is 1. The molecule has 6 heteroatoms. The predicted molar refractivity (Wildman–Crippen MR) is 82.2 cm³/mol. The van der Waals surface area contributed by atoms with E-state index in [9.17, 15) is 4.79 Å². The zero-order valence-electron chi connectivity index (χ0n) is 11.1. The summed E-state index contributed by atoms with van der Waals surface area (Å²) < 4.78 is 5.06. The molecule has 0 aliphatic heterocycles. The summed E-state index contributed by atoms with van der Waals surface area (Å²) in [5, 5.41) is 5.62. The lowest BCUT2D eigenvalue weighted by Crippen LogP contribution is -2.18. The van der Waals surface area contributed by atoms with E-state index < -0.39 is 0 Å². The van der Waals surface area contributed by atoms with E-state index >= 15 is 0 Å². The van der Waals surface area contributed by atoms with Crippen molar-refractivity contribution in [2.75, 3.05) is 18.5 Å². The van der Waals surface area contributed by atoms with Gasteiger partial charge in [0.05, 0.1) is 11.6 Å². The van der Waals surface area contributed by atoms with E-state index in [2.05, 4.69) is 10.3 Å². The largest absolute Gasteiger partial charge is 0.372 e. The van der Waals surface area contributed by atoms with Crippen LogP contribution in [-0.4, -0.2) is 24.1 Å². The number of hydrogen-bond acceptors (Lipinski definition) is 4. The van der Waals surface area contributed by atoms with Gasteiger partial charge in [-0.25, -0.2) is 4.98 Å². The minimum atomic E-state index is -0.162. The molecule has 0 aliphatic carbocycles. The zero-order valence-corrected chi connectivity index (χ0v) is 12.6. The Morgan fingerprint density at radius 3 is 3.05 bits per heavy atom. The highest BCUT2D eigenvalue weighted by atomic mass is 35.5. The summed E-state index contributed by atoms with van der Waals surface area (Å²) in [6, 6.07) is 7.56. The van der Waals surface area contributed by atoms with Gasteiger partial charge in [-0.05, 0) is 19.1 Å². The van der Waals surface area contributed by atoms with Crippen LogP contribution in [0.1, 0.15) is 12.6 Å². The standard InChI is InChI=1S/C14H15ClN2O2S/c1-2-19-8-13(18)16-11-5-3-4-10(6-11)14-17-12(7-15)9-20-14/h3-6,9H,2,7-8H2,1H3,(H,16,18). The van der Waals surface area contributed by atoms with Gasteiger partial charge >= 0.3 is 0 Å². The average molecular weight is 311 g/mol. The Morgan fingerprint density at radius 1 is 1.50 bits per heavy atom. The Kier molecular flexibility index (Phi) is 5.52. The number of nitrogens with zero attached hydrogens (tertiary/aromatic N) is 1. The molecule has 4 nitrogen and oxygen atoms in total. The molecule has 0 spiro atoms. The van der Waals surface area contributed by atoms with E-state index in [0.29, 0.717) is 12.5 Å². The fraction of sp³-hybridized carbons (Fsp3) is 0.286. The average Bonchev–Trinajstić information content (AvgIpc) is 2.94. The predicted octanol–water partition coefficient (Wildman–Crippen LogP) is 3.52. The second kappa shape index (κ2) is 7.38. The molecule has 0 radical (unpaired) electrons. The Morgan fingerprint density at radius 2 is 2.35 bits per heavy atom. The molecule has 0 saturated carbocycles. The van der Waals surface area contributed by atoms with Crippen molar-refractivity contribution in [2.45, 2.75) is 12.8 Å². The minimum absolute atomic E-state index is 0.0639. The van der Waals surface area contributed by atoms with Gasteiger partial charge in [0.25, 0.3) is 0 Å². The maximum atomic E-state index is 11.6. The number of amides is 1. The molecule has 2 aromatic rings. The number of alkyl halides is 1. The molecule has 2 rings (SSSR count). The van der Waals surface area contributed by atoms with E-state index in [1.54, 1.807) is 0 Å². The van der Waals surface area contributed by atoms with Gasteiger partial charge in [0, 0.05) is 23.2 Å². The van der Waals surface area contributed by atoms with Crippen LogP contribution in [0.5, 0.6) is 0 Å². The van der Waals surface area contributed by atoms with E-state index in [4.69, 9.17) is 16.3 Å². The van der Waals surface area contributed by atoms with Crippen molar-refractivity contribution in [2.24, 2.45) is 0 Å². The number of carbonyl (C=O) groups is 1.